The Hall–Kier alpha value is -2.36. The van der Waals surface area contributed by atoms with Crippen molar-refractivity contribution in [2.75, 3.05) is 19.6 Å². The summed E-state index contributed by atoms with van der Waals surface area (Å²) < 4.78 is 4.31. The van der Waals surface area contributed by atoms with Crippen LogP contribution in [0.2, 0.25) is 0 Å². The minimum absolute atomic E-state index is 0. The Labute approximate surface area is 201 Å². The third-order valence-corrected chi connectivity index (χ3v) is 5.82. The predicted molar refractivity (Wildman–Crippen MR) is 135 cm³/mol. The fraction of sp³-hybridized carbons (Fsp3) is 0.435. The van der Waals surface area contributed by atoms with E-state index in [2.05, 4.69) is 73.6 Å². The number of nitrogens with zero attached hydrogens (tertiary/aromatic N) is 6. The third-order valence-electron chi connectivity index (χ3n) is 5.82. The number of aromatic nitrogens is 4. The van der Waals surface area contributed by atoms with Crippen molar-refractivity contribution >= 4 is 29.9 Å². The van der Waals surface area contributed by atoms with Crippen molar-refractivity contribution < 1.29 is 0 Å². The van der Waals surface area contributed by atoms with Crippen LogP contribution in [0.15, 0.2) is 66.7 Å². The fourth-order valence-electron chi connectivity index (χ4n) is 4.03. The highest BCUT2D eigenvalue weighted by atomic mass is 127. The normalized spacial score (nSPS) is 19.2. The van der Waals surface area contributed by atoms with Gasteiger partial charge in [-0.15, -0.1) is 24.0 Å². The van der Waals surface area contributed by atoms with E-state index in [0.717, 1.165) is 38.6 Å². The average molecular weight is 533 g/mol. The Balaban J connectivity index is 0.00000272. The zero-order valence-electron chi connectivity index (χ0n) is 18.3. The van der Waals surface area contributed by atoms with Gasteiger partial charge in [0.2, 0.25) is 0 Å². The Morgan fingerprint density at radius 3 is 2.52 bits per heavy atom. The third kappa shape index (κ3) is 6.09. The molecule has 1 aliphatic heterocycles. The summed E-state index contributed by atoms with van der Waals surface area (Å²) in [5.74, 6) is 1.62. The summed E-state index contributed by atoms with van der Waals surface area (Å²) in [5, 5.41) is 3.49. The highest BCUT2D eigenvalue weighted by molar-refractivity contribution is 14.0. The summed E-state index contributed by atoms with van der Waals surface area (Å²) in [5.41, 5.74) is 2.48. The second kappa shape index (κ2) is 11.3. The van der Waals surface area contributed by atoms with Gasteiger partial charge in [0.25, 0.3) is 0 Å². The van der Waals surface area contributed by atoms with Gasteiger partial charge in [0.05, 0.1) is 25.2 Å². The molecule has 0 radical (unpaired) electrons. The van der Waals surface area contributed by atoms with E-state index in [4.69, 9.17) is 4.99 Å². The lowest BCUT2D eigenvalue weighted by atomic mass is 9.93. The highest BCUT2D eigenvalue weighted by Crippen LogP contribution is 2.27. The van der Waals surface area contributed by atoms with Gasteiger partial charge >= 0.3 is 0 Å². The van der Waals surface area contributed by atoms with Crippen LogP contribution in [-0.4, -0.2) is 49.6 Å². The molecule has 1 N–H and O–H groups in total. The molecular weight excluding hydrogens is 501 g/mol. The SMILES string of the molecule is CCNC(=NCc1ccc(Cn2ccnc2)cc1)N1CCC(C)C(n2ccnc2)C1.I. The first-order valence-corrected chi connectivity index (χ1v) is 10.8. The van der Waals surface area contributed by atoms with Crippen LogP contribution in [0.3, 0.4) is 0 Å². The van der Waals surface area contributed by atoms with E-state index in [0.29, 0.717) is 18.5 Å². The number of likely N-dealkylation sites (tertiary alicyclic amines) is 1. The van der Waals surface area contributed by atoms with Crippen molar-refractivity contribution in [2.24, 2.45) is 10.9 Å². The Morgan fingerprint density at radius 2 is 1.84 bits per heavy atom. The number of hydrogen-bond donors (Lipinski definition) is 1. The summed E-state index contributed by atoms with van der Waals surface area (Å²) in [4.78, 5) is 15.7. The summed E-state index contributed by atoms with van der Waals surface area (Å²) >= 11 is 0. The summed E-state index contributed by atoms with van der Waals surface area (Å²) in [7, 11) is 0. The van der Waals surface area contributed by atoms with Crippen LogP contribution in [-0.2, 0) is 13.1 Å². The molecule has 166 valence electrons. The van der Waals surface area contributed by atoms with Crippen LogP contribution in [0.25, 0.3) is 0 Å². The predicted octanol–water partition coefficient (Wildman–Crippen LogP) is 3.79. The van der Waals surface area contributed by atoms with Crippen LogP contribution < -0.4 is 5.32 Å². The molecule has 2 aromatic heterocycles. The molecule has 2 unspecified atom stereocenters. The molecule has 2 atom stereocenters. The van der Waals surface area contributed by atoms with Gasteiger partial charge in [0.1, 0.15) is 0 Å². The molecule has 1 aromatic carbocycles. The van der Waals surface area contributed by atoms with Crippen molar-refractivity contribution in [2.45, 2.75) is 39.4 Å². The molecule has 0 spiro atoms. The Kier molecular flexibility index (Phi) is 8.51. The smallest absolute Gasteiger partial charge is 0.194 e. The van der Waals surface area contributed by atoms with Crippen molar-refractivity contribution in [3.63, 3.8) is 0 Å². The number of aliphatic imine (C=N–C) groups is 1. The summed E-state index contributed by atoms with van der Waals surface area (Å²) in [6, 6.07) is 9.12. The minimum atomic E-state index is 0. The average Bonchev–Trinajstić information content (AvgIpc) is 3.47. The van der Waals surface area contributed by atoms with E-state index in [-0.39, 0.29) is 24.0 Å². The molecule has 7 nitrogen and oxygen atoms in total. The van der Waals surface area contributed by atoms with E-state index in [1.54, 1.807) is 0 Å². The van der Waals surface area contributed by atoms with E-state index in [1.165, 1.54) is 11.1 Å². The Morgan fingerprint density at radius 1 is 1.10 bits per heavy atom. The molecule has 4 rings (SSSR count). The van der Waals surface area contributed by atoms with Crippen molar-refractivity contribution in [1.29, 1.82) is 0 Å². The highest BCUT2D eigenvalue weighted by Gasteiger charge is 2.28. The lowest BCUT2D eigenvalue weighted by molar-refractivity contribution is 0.189. The van der Waals surface area contributed by atoms with Crippen LogP contribution in [0.5, 0.6) is 0 Å². The van der Waals surface area contributed by atoms with Gasteiger partial charge in [-0.3, -0.25) is 0 Å². The van der Waals surface area contributed by atoms with E-state index in [9.17, 15) is 0 Å². The lowest BCUT2D eigenvalue weighted by Gasteiger charge is -2.39. The molecule has 1 saturated heterocycles. The molecule has 8 heteroatoms. The van der Waals surface area contributed by atoms with Crippen molar-refractivity contribution in [3.05, 3.63) is 72.8 Å². The van der Waals surface area contributed by atoms with Crippen LogP contribution in [0.4, 0.5) is 0 Å². The van der Waals surface area contributed by atoms with Crippen LogP contribution in [0.1, 0.15) is 37.4 Å². The number of hydrogen-bond acceptors (Lipinski definition) is 3. The zero-order valence-corrected chi connectivity index (χ0v) is 20.6. The van der Waals surface area contributed by atoms with Crippen LogP contribution >= 0.6 is 24.0 Å². The van der Waals surface area contributed by atoms with Gasteiger partial charge in [-0.2, -0.15) is 0 Å². The molecule has 0 amide bonds. The molecule has 0 saturated carbocycles. The maximum Gasteiger partial charge on any atom is 0.194 e. The topological polar surface area (TPSA) is 63.3 Å². The van der Waals surface area contributed by atoms with Crippen molar-refractivity contribution in [3.8, 4) is 0 Å². The zero-order chi connectivity index (χ0) is 20.8. The number of rotatable bonds is 6. The molecule has 1 fully saturated rings. The first-order valence-electron chi connectivity index (χ1n) is 10.8. The maximum atomic E-state index is 4.94. The van der Waals surface area contributed by atoms with Gasteiger partial charge in [-0.1, -0.05) is 31.2 Å². The Bertz CT molecular complexity index is 920. The summed E-state index contributed by atoms with van der Waals surface area (Å²) in [6.45, 7) is 8.82. The van der Waals surface area contributed by atoms with Gasteiger partial charge in [0.15, 0.2) is 5.96 Å². The molecular formula is C23H32IN7. The monoisotopic (exact) mass is 533 g/mol. The minimum Gasteiger partial charge on any atom is -0.357 e. The van der Waals surface area contributed by atoms with E-state index < -0.39 is 0 Å². The van der Waals surface area contributed by atoms with Gasteiger partial charge < -0.3 is 19.4 Å². The molecule has 0 bridgehead atoms. The standard InChI is InChI=1S/C23H31N7.HI/c1-3-26-23(29-11-8-19(2)22(16-29)30-13-10-25-18-30)27-14-20-4-6-21(7-5-20)15-28-12-9-24-17-28;/h4-7,9-10,12-13,17-19,22H,3,8,11,14-16H2,1-2H3,(H,26,27);1H. The molecule has 3 aromatic rings. The summed E-state index contributed by atoms with van der Waals surface area (Å²) in [6.07, 6.45) is 12.6. The maximum absolute atomic E-state index is 4.94. The van der Waals surface area contributed by atoms with Crippen LogP contribution in [0, 0.1) is 5.92 Å². The van der Waals surface area contributed by atoms with E-state index >= 15 is 0 Å². The number of benzene rings is 1. The fourth-order valence-corrected chi connectivity index (χ4v) is 4.03. The van der Waals surface area contributed by atoms with E-state index in [1.807, 2.05) is 31.2 Å². The molecule has 0 aliphatic carbocycles. The number of nitrogens with one attached hydrogen (secondary N) is 1. The van der Waals surface area contributed by atoms with Gasteiger partial charge in [0, 0.05) is 51.0 Å². The number of halogens is 1. The number of piperidine rings is 1. The second-order valence-corrected chi connectivity index (χ2v) is 8.01. The lowest BCUT2D eigenvalue weighted by Crippen LogP contribution is -2.49. The number of guanidine groups is 1. The molecule has 3 heterocycles. The van der Waals surface area contributed by atoms with Crippen molar-refractivity contribution in [1.82, 2.24) is 29.3 Å². The largest absolute Gasteiger partial charge is 0.357 e. The second-order valence-electron chi connectivity index (χ2n) is 8.01. The quantitative estimate of drug-likeness (QED) is 0.298. The van der Waals surface area contributed by atoms with Gasteiger partial charge in [-0.05, 0) is 30.4 Å². The number of imidazole rings is 2. The van der Waals surface area contributed by atoms with Gasteiger partial charge in [-0.25, -0.2) is 15.0 Å². The molecule has 1 aliphatic rings. The molecule has 31 heavy (non-hydrogen) atoms. The first-order chi connectivity index (χ1) is 14.7. The first kappa shape index (κ1) is 23.3.